The minimum Gasteiger partial charge on any atom is -0.736 e. The monoisotopic (exact) mass is 309 g/mol. The molecule has 0 unspecified atom stereocenters. The zero-order valence-electron chi connectivity index (χ0n) is 12.1. The molecule has 0 amide bonds. The molecule has 0 radical (unpaired) electrons. The fraction of sp³-hybridized carbons (Fsp3) is 0.200. The zero-order valence-corrected chi connectivity index (χ0v) is 13.0. The summed E-state index contributed by atoms with van der Waals surface area (Å²) in [6, 6.07) is 17.0. The fourth-order valence-electron chi connectivity index (χ4n) is 1.24. The van der Waals surface area contributed by atoms with Crippen molar-refractivity contribution in [1.82, 2.24) is 0 Å². The van der Waals surface area contributed by atoms with Crippen LogP contribution >= 0.6 is 7.82 Å². The summed E-state index contributed by atoms with van der Waals surface area (Å²) in [7, 11) is -4.39. The fourth-order valence-corrected chi connectivity index (χ4v) is 2.04. The third-order valence-corrected chi connectivity index (χ3v) is 2.79. The van der Waals surface area contributed by atoms with E-state index in [1.807, 2.05) is 0 Å². The second-order valence-corrected chi connectivity index (χ2v) is 5.91. The molecule has 6 heteroatoms. The molecular formula is C15H20NO4P. The van der Waals surface area contributed by atoms with Crippen molar-refractivity contribution in [2.24, 2.45) is 0 Å². The molecule has 0 saturated carbocycles. The Balaban J connectivity index is 0.000000491. The van der Waals surface area contributed by atoms with Crippen LogP contribution in [0.15, 0.2) is 60.7 Å². The normalized spacial score (nSPS) is 10.5. The third kappa shape index (κ3) is 8.15. The van der Waals surface area contributed by atoms with Crippen molar-refractivity contribution >= 4 is 7.82 Å². The molecule has 21 heavy (non-hydrogen) atoms. The van der Waals surface area contributed by atoms with Gasteiger partial charge in [-0.25, -0.2) is 4.57 Å². The van der Waals surface area contributed by atoms with Crippen molar-refractivity contribution in [3.05, 3.63) is 60.7 Å². The maximum absolute atomic E-state index is 11.6. The largest absolute Gasteiger partial charge is 0.736 e. The Morgan fingerprint density at radius 3 is 1.48 bits per heavy atom. The number of phosphoric acid groups is 1. The minimum absolute atomic E-state index is 0.224. The van der Waals surface area contributed by atoms with E-state index in [1.165, 1.54) is 0 Å². The third-order valence-electron chi connectivity index (χ3n) is 1.92. The number of para-hydroxylation sites is 2. The highest BCUT2D eigenvalue weighted by molar-refractivity contribution is 7.46. The van der Waals surface area contributed by atoms with E-state index in [0.29, 0.717) is 6.04 Å². The molecule has 0 atom stereocenters. The van der Waals surface area contributed by atoms with Gasteiger partial charge >= 0.3 is 7.82 Å². The second kappa shape index (κ2) is 8.47. The molecule has 2 aromatic carbocycles. The minimum atomic E-state index is -4.39. The van der Waals surface area contributed by atoms with E-state index < -0.39 is 7.82 Å². The summed E-state index contributed by atoms with van der Waals surface area (Å²) in [5.74, 6) is 0.448. The van der Waals surface area contributed by atoms with Crippen LogP contribution in [0.2, 0.25) is 0 Å². The van der Waals surface area contributed by atoms with E-state index in [4.69, 9.17) is 9.05 Å². The summed E-state index contributed by atoms with van der Waals surface area (Å²) in [6.45, 7) is 4.11. The van der Waals surface area contributed by atoms with E-state index in [1.54, 1.807) is 60.7 Å². The maximum atomic E-state index is 11.6. The van der Waals surface area contributed by atoms with Gasteiger partial charge in [0.25, 0.3) is 0 Å². The second-order valence-electron chi connectivity index (χ2n) is 4.65. The van der Waals surface area contributed by atoms with Gasteiger partial charge in [0.15, 0.2) is 0 Å². The van der Waals surface area contributed by atoms with E-state index >= 15 is 0 Å². The molecule has 0 saturated heterocycles. The van der Waals surface area contributed by atoms with Gasteiger partial charge in [0.2, 0.25) is 0 Å². The molecule has 0 fully saturated rings. The van der Waals surface area contributed by atoms with Crippen molar-refractivity contribution in [3.63, 3.8) is 0 Å². The molecule has 5 nitrogen and oxygen atoms in total. The predicted octanol–water partition coefficient (Wildman–Crippen LogP) is 2.25. The number of hydrogen-bond donors (Lipinski definition) is 1. The Morgan fingerprint density at radius 1 is 0.905 bits per heavy atom. The van der Waals surface area contributed by atoms with Crippen LogP contribution in [0.3, 0.4) is 0 Å². The van der Waals surface area contributed by atoms with Crippen molar-refractivity contribution in [2.45, 2.75) is 19.9 Å². The SMILES string of the molecule is CC(C)[NH3+].O=P([O-])(Oc1ccccc1)Oc1ccccc1. The highest BCUT2D eigenvalue weighted by Gasteiger charge is 2.12. The Bertz CT molecular complexity index is 512. The van der Waals surface area contributed by atoms with Gasteiger partial charge in [-0.3, -0.25) is 0 Å². The summed E-state index contributed by atoms with van der Waals surface area (Å²) in [5.41, 5.74) is 3.64. The molecule has 0 bridgehead atoms. The van der Waals surface area contributed by atoms with Crippen molar-refractivity contribution in [2.75, 3.05) is 0 Å². The van der Waals surface area contributed by atoms with Crippen molar-refractivity contribution in [3.8, 4) is 11.5 Å². The van der Waals surface area contributed by atoms with Gasteiger partial charge in [-0.05, 0) is 38.1 Å². The van der Waals surface area contributed by atoms with Gasteiger partial charge in [-0.2, -0.15) is 0 Å². The lowest BCUT2D eigenvalue weighted by Gasteiger charge is -2.23. The zero-order chi connectivity index (χ0) is 15.7. The first-order valence-corrected chi connectivity index (χ1v) is 7.98. The van der Waals surface area contributed by atoms with Crippen LogP contribution in [0.1, 0.15) is 13.8 Å². The molecule has 114 valence electrons. The van der Waals surface area contributed by atoms with Gasteiger partial charge in [0.1, 0.15) is 11.5 Å². The smallest absolute Gasteiger partial charge is 0.372 e. The molecule has 0 aliphatic carbocycles. The first-order chi connectivity index (χ1) is 9.89. The van der Waals surface area contributed by atoms with Gasteiger partial charge < -0.3 is 19.7 Å². The van der Waals surface area contributed by atoms with Crippen molar-refractivity contribution in [1.29, 1.82) is 0 Å². The summed E-state index contributed by atoms with van der Waals surface area (Å²) >= 11 is 0. The first-order valence-electron chi connectivity index (χ1n) is 6.52. The molecule has 3 N–H and O–H groups in total. The molecule has 0 aliphatic heterocycles. The van der Waals surface area contributed by atoms with Crippen LogP contribution in [-0.4, -0.2) is 6.04 Å². The topological polar surface area (TPSA) is 86.2 Å². The lowest BCUT2D eigenvalue weighted by atomic mass is 10.3. The number of phosphoric ester groups is 1. The Labute approximate surface area is 124 Å². The highest BCUT2D eigenvalue weighted by atomic mass is 31.2. The van der Waals surface area contributed by atoms with Gasteiger partial charge in [-0.15, -0.1) is 0 Å². The molecular weight excluding hydrogens is 289 g/mol. The average molecular weight is 309 g/mol. The van der Waals surface area contributed by atoms with Crippen LogP contribution in [0.4, 0.5) is 0 Å². The Kier molecular flexibility index (Phi) is 6.96. The summed E-state index contributed by atoms with van der Waals surface area (Å²) < 4.78 is 21.1. The summed E-state index contributed by atoms with van der Waals surface area (Å²) in [5, 5.41) is 0. The molecule has 0 heterocycles. The van der Waals surface area contributed by atoms with Crippen molar-refractivity contribution < 1.29 is 24.2 Å². The lowest BCUT2D eigenvalue weighted by Crippen LogP contribution is -2.57. The Hall–Kier alpha value is -1.81. The van der Waals surface area contributed by atoms with Gasteiger partial charge in [-0.1, -0.05) is 36.4 Å². The molecule has 2 rings (SSSR count). The molecule has 0 aliphatic rings. The van der Waals surface area contributed by atoms with E-state index in [0.717, 1.165) is 0 Å². The van der Waals surface area contributed by atoms with E-state index in [9.17, 15) is 9.46 Å². The van der Waals surface area contributed by atoms with Crippen LogP contribution in [0.25, 0.3) is 0 Å². The van der Waals surface area contributed by atoms with Crippen LogP contribution in [-0.2, 0) is 4.57 Å². The van der Waals surface area contributed by atoms with Crippen LogP contribution in [0, 0.1) is 0 Å². The number of benzene rings is 2. The quantitative estimate of drug-likeness (QED) is 0.878. The number of rotatable bonds is 4. The lowest BCUT2D eigenvalue weighted by molar-refractivity contribution is -0.407. The Morgan fingerprint density at radius 2 is 1.19 bits per heavy atom. The first kappa shape index (κ1) is 17.2. The van der Waals surface area contributed by atoms with Gasteiger partial charge in [0.05, 0.1) is 6.04 Å². The van der Waals surface area contributed by atoms with Crippen LogP contribution in [0.5, 0.6) is 11.5 Å². The van der Waals surface area contributed by atoms with E-state index in [-0.39, 0.29) is 11.5 Å². The standard InChI is InChI=1S/C12H11O4P.C3H9N/c13-17(14,15-11-7-3-1-4-8-11)16-12-9-5-2-6-10-12;1-3(2)4/h1-10H,(H,13,14);3H,4H2,1-2H3. The van der Waals surface area contributed by atoms with E-state index in [2.05, 4.69) is 19.6 Å². The summed E-state index contributed by atoms with van der Waals surface area (Å²) in [6.07, 6.45) is 0. The maximum Gasteiger partial charge on any atom is 0.372 e. The van der Waals surface area contributed by atoms with Crippen LogP contribution < -0.4 is 19.7 Å². The number of hydrogen-bond acceptors (Lipinski definition) is 4. The highest BCUT2D eigenvalue weighted by Crippen LogP contribution is 2.40. The molecule has 2 aromatic rings. The van der Waals surface area contributed by atoms with Gasteiger partial charge in [0, 0.05) is 0 Å². The molecule has 0 spiro atoms. The summed E-state index contributed by atoms with van der Waals surface area (Å²) in [4.78, 5) is 11.6. The number of quaternary nitrogens is 1. The molecule has 0 aromatic heterocycles. The predicted molar refractivity (Wildman–Crippen MR) is 79.8 cm³/mol. The average Bonchev–Trinajstić information content (AvgIpc) is 2.39.